The molecular weight excluding hydrogens is 513 g/mol. The molecule has 4 unspecified atom stereocenters. The van der Waals surface area contributed by atoms with E-state index in [1.165, 1.54) is 21.9 Å². The molecule has 2 saturated carbocycles. The molecule has 8 nitrogen and oxygen atoms in total. The summed E-state index contributed by atoms with van der Waals surface area (Å²) in [6, 6.07) is 10.5. The fraction of sp³-hybridized carbons (Fsp3) is 0.464. The SMILES string of the molecule is COC1CC2C(=O)N(Cc3ccc(C(=O)NC4CC4)cc3)C(=O)N(Cc3c(F)cccc3Cl)C2CC1OC. The topological polar surface area (TPSA) is 88.2 Å². The monoisotopic (exact) mass is 543 g/mol. The van der Waals surface area contributed by atoms with E-state index in [1.807, 2.05) is 0 Å². The van der Waals surface area contributed by atoms with Gasteiger partial charge in [-0.15, -0.1) is 0 Å². The van der Waals surface area contributed by atoms with E-state index in [1.54, 1.807) is 44.6 Å². The first-order valence-electron chi connectivity index (χ1n) is 12.8. The molecule has 0 spiro atoms. The summed E-state index contributed by atoms with van der Waals surface area (Å²) in [5.41, 5.74) is 1.42. The Bertz CT molecular complexity index is 1200. The number of halogens is 2. The van der Waals surface area contributed by atoms with Crippen LogP contribution in [0.1, 0.15) is 47.2 Å². The minimum Gasteiger partial charge on any atom is -0.379 e. The van der Waals surface area contributed by atoms with Gasteiger partial charge in [0.1, 0.15) is 5.82 Å². The molecule has 1 N–H and O–H groups in total. The maximum absolute atomic E-state index is 14.7. The van der Waals surface area contributed by atoms with Crippen molar-refractivity contribution in [2.75, 3.05) is 14.2 Å². The number of carbonyl (C=O) groups is 3. The molecule has 202 valence electrons. The van der Waals surface area contributed by atoms with Gasteiger partial charge in [0.05, 0.1) is 31.2 Å². The van der Waals surface area contributed by atoms with Gasteiger partial charge in [0, 0.05) is 42.5 Å². The maximum Gasteiger partial charge on any atom is 0.327 e. The van der Waals surface area contributed by atoms with Gasteiger partial charge in [-0.2, -0.15) is 0 Å². The number of fused-ring (bicyclic) bond motifs is 1. The second-order valence-corrected chi connectivity index (χ2v) is 10.6. The molecule has 3 fully saturated rings. The Balaban J connectivity index is 1.42. The predicted octanol–water partition coefficient (Wildman–Crippen LogP) is 4.14. The number of carbonyl (C=O) groups excluding carboxylic acids is 3. The number of hydrogen-bond donors (Lipinski definition) is 1. The van der Waals surface area contributed by atoms with E-state index >= 15 is 0 Å². The van der Waals surface area contributed by atoms with E-state index in [9.17, 15) is 18.8 Å². The normalized spacial score (nSPS) is 25.4. The zero-order valence-corrected chi connectivity index (χ0v) is 22.1. The van der Waals surface area contributed by atoms with Crippen LogP contribution in [-0.2, 0) is 27.4 Å². The predicted molar refractivity (Wildman–Crippen MR) is 138 cm³/mol. The molecular formula is C28H31ClFN3O5. The van der Waals surface area contributed by atoms with E-state index in [-0.39, 0.29) is 53.7 Å². The Kier molecular flexibility index (Phi) is 7.70. The Hall–Kier alpha value is -3.01. The summed E-state index contributed by atoms with van der Waals surface area (Å²) in [7, 11) is 3.15. The number of nitrogens with one attached hydrogen (secondary N) is 1. The lowest BCUT2D eigenvalue weighted by Gasteiger charge is -2.50. The molecule has 3 aliphatic rings. The van der Waals surface area contributed by atoms with Crippen LogP contribution >= 0.6 is 11.6 Å². The number of nitrogens with zero attached hydrogens (tertiary/aromatic N) is 2. The van der Waals surface area contributed by atoms with Crippen molar-refractivity contribution in [2.24, 2.45) is 5.92 Å². The zero-order chi connectivity index (χ0) is 27.0. The van der Waals surface area contributed by atoms with Gasteiger partial charge in [-0.05, 0) is 55.5 Å². The first kappa shape index (κ1) is 26.6. The molecule has 0 bridgehead atoms. The van der Waals surface area contributed by atoms with E-state index < -0.39 is 23.8 Å². The molecule has 2 aromatic carbocycles. The molecule has 5 rings (SSSR count). The lowest BCUT2D eigenvalue weighted by molar-refractivity contribution is -0.152. The Morgan fingerprint density at radius 2 is 1.71 bits per heavy atom. The highest BCUT2D eigenvalue weighted by molar-refractivity contribution is 6.31. The van der Waals surface area contributed by atoms with E-state index in [4.69, 9.17) is 21.1 Å². The third-order valence-electron chi connectivity index (χ3n) is 7.76. The third-order valence-corrected chi connectivity index (χ3v) is 8.12. The average Bonchev–Trinajstić information content (AvgIpc) is 3.74. The third kappa shape index (κ3) is 5.28. The van der Waals surface area contributed by atoms with Crippen molar-refractivity contribution in [3.63, 3.8) is 0 Å². The van der Waals surface area contributed by atoms with Crippen LogP contribution in [-0.4, -0.2) is 66.2 Å². The van der Waals surface area contributed by atoms with Gasteiger partial charge in [-0.3, -0.25) is 14.5 Å². The molecule has 10 heteroatoms. The van der Waals surface area contributed by atoms with Gasteiger partial charge in [0.2, 0.25) is 5.91 Å². The van der Waals surface area contributed by atoms with E-state index in [0.717, 1.165) is 12.8 Å². The second kappa shape index (κ2) is 11.0. The molecule has 1 aliphatic heterocycles. The van der Waals surface area contributed by atoms with Crippen LogP contribution < -0.4 is 5.32 Å². The highest BCUT2D eigenvalue weighted by Gasteiger charge is 2.51. The van der Waals surface area contributed by atoms with Crippen molar-refractivity contribution in [2.45, 2.75) is 63.1 Å². The summed E-state index contributed by atoms with van der Waals surface area (Å²) in [6.07, 6.45) is 2.10. The summed E-state index contributed by atoms with van der Waals surface area (Å²) < 4.78 is 26.0. The van der Waals surface area contributed by atoms with Gasteiger partial charge in [0.15, 0.2) is 0 Å². The Morgan fingerprint density at radius 3 is 2.34 bits per heavy atom. The Labute approximate surface area is 226 Å². The first-order valence-corrected chi connectivity index (χ1v) is 13.2. The zero-order valence-electron chi connectivity index (χ0n) is 21.4. The van der Waals surface area contributed by atoms with Crippen molar-refractivity contribution in [1.29, 1.82) is 0 Å². The van der Waals surface area contributed by atoms with Crippen molar-refractivity contribution in [3.8, 4) is 0 Å². The number of hydrogen-bond acceptors (Lipinski definition) is 5. The number of ether oxygens (including phenoxy) is 2. The average molecular weight is 544 g/mol. The van der Waals surface area contributed by atoms with E-state index in [0.29, 0.717) is 24.0 Å². The fourth-order valence-electron chi connectivity index (χ4n) is 5.44. The number of benzene rings is 2. The number of imide groups is 1. The standard InChI is InChI=1S/C28H31ClFN3O5/c1-37-24-12-19-23(13-25(24)38-2)32(15-20-21(29)4-3-5-22(20)30)28(36)33(27(19)35)14-16-6-8-17(9-7-16)26(34)31-18-10-11-18/h3-9,18-19,23-25H,10-15H2,1-2H3,(H,31,34). The van der Waals surface area contributed by atoms with Crippen molar-refractivity contribution in [3.05, 3.63) is 70.0 Å². The fourth-order valence-corrected chi connectivity index (χ4v) is 5.66. The molecule has 1 heterocycles. The van der Waals surface area contributed by atoms with Crippen LogP contribution in [0.15, 0.2) is 42.5 Å². The molecule has 0 aromatic heterocycles. The summed E-state index contributed by atoms with van der Waals surface area (Å²) >= 11 is 6.31. The van der Waals surface area contributed by atoms with Gasteiger partial charge in [-0.1, -0.05) is 29.8 Å². The summed E-state index contributed by atoms with van der Waals surface area (Å²) in [4.78, 5) is 42.6. The summed E-state index contributed by atoms with van der Waals surface area (Å²) in [5, 5.41) is 3.16. The molecule has 1 saturated heterocycles. The first-order chi connectivity index (χ1) is 18.3. The minimum atomic E-state index is -0.543. The van der Waals surface area contributed by atoms with Gasteiger partial charge < -0.3 is 19.7 Å². The van der Waals surface area contributed by atoms with Crippen LogP contribution in [0.4, 0.5) is 9.18 Å². The van der Waals surface area contributed by atoms with Gasteiger partial charge in [0.25, 0.3) is 5.91 Å². The Morgan fingerprint density at radius 1 is 1.03 bits per heavy atom. The summed E-state index contributed by atoms with van der Waals surface area (Å²) in [5.74, 6) is -1.50. The quantitative estimate of drug-likeness (QED) is 0.540. The summed E-state index contributed by atoms with van der Waals surface area (Å²) in [6.45, 7) is -0.0537. The van der Waals surface area contributed by atoms with Crippen LogP contribution in [0.2, 0.25) is 5.02 Å². The maximum atomic E-state index is 14.7. The largest absolute Gasteiger partial charge is 0.379 e. The van der Waals surface area contributed by atoms with Crippen LogP contribution in [0, 0.1) is 11.7 Å². The molecule has 38 heavy (non-hydrogen) atoms. The molecule has 2 aromatic rings. The highest BCUT2D eigenvalue weighted by Crippen LogP contribution is 2.39. The van der Waals surface area contributed by atoms with Crippen molar-refractivity contribution in [1.82, 2.24) is 15.1 Å². The van der Waals surface area contributed by atoms with Crippen LogP contribution in [0.5, 0.6) is 0 Å². The van der Waals surface area contributed by atoms with Crippen LogP contribution in [0.25, 0.3) is 0 Å². The number of amides is 4. The number of rotatable bonds is 8. The lowest BCUT2D eigenvalue weighted by Crippen LogP contribution is -2.64. The lowest BCUT2D eigenvalue weighted by atomic mass is 9.77. The number of methoxy groups -OCH3 is 2. The van der Waals surface area contributed by atoms with Gasteiger partial charge in [-0.25, -0.2) is 9.18 Å². The van der Waals surface area contributed by atoms with Crippen molar-refractivity contribution >= 4 is 29.4 Å². The van der Waals surface area contributed by atoms with E-state index in [2.05, 4.69) is 5.32 Å². The molecule has 4 atom stereocenters. The molecule has 2 aliphatic carbocycles. The highest BCUT2D eigenvalue weighted by atomic mass is 35.5. The van der Waals surface area contributed by atoms with Crippen molar-refractivity contribution < 1.29 is 28.2 Å². The second-order valence-electron chi connectivity index (χ2n) is 10.2. The van der Waals surface area contributed by atoms with Gasteiger partial charge >= 0.3 is 6.03 Å². The number of urea groups is 1. The molecule has 0 radical (unpaired) electrons. The minimum absolute atomic E-state index is 0.0261. The van der Waals surface area contributed by atoms with Crippen LogP contribution in [0.3, 0.4) is 0 Å². The molecule has 4 amide bonds. The smallest absolute Gasteiger partial charge is 0.327 e.